The highest BCUT2D eigenvalue weighted by Crippen LogP contribution is 2.36. The van der Waals surface area contributed by atoms with Crippen LogP contribution in [0.15, 0.2) is 29.2 Å². The molecule has 2 heterocycles. The van der Waals surface area contributed by atoms with Crippen molar-refractivity contribution in [3.05, 3.63) is 53.3 Å². The fourth-order valence-corrected chi connectivity index (χ4v) is 5.99. The van der Waals surface area contributed by atoms with Crippen LogP contribution in [-0.4, -0.2) is 22.0 Å². The van der Waals surface area contributed by atoms with Crippen LogP contribution in [0.4, 0.5) is 0 Å². The van der Waals surface area contributed by atoms with E-state index in [0.717, 1.165) is 29.8 Å². The highest BCUT2D eigenvalue weighted by atomic mass is 127. The van der Waals surface area contributed by atoms with Gasteiger partial charge in [-0.2, -0.15) is 5.01 Å². The molecule has 25 heavy (non-hydrogen) atoms. The number of aromatic nitrogens is 1. The first-order chi connectivity index (χ1) is 11.8. The lowest BCUT2D eigenvalue weighted by atomic mass is 10.2. The Bertz CT molecular complexity index is 902. The summed E-state index contributed by atoms with van der Waals surface area (Å²) in [4.78, 5) is 13.6. The Hall–Kier alpha value is -0.590. The van der Waals surface area contributed by atoms with Gasteiger partial charge in [0.25, 0.3) is 5.91 Å². The Labute approximate surface area is 183 Å². The first-order valence-corrected chi connectivity index (χ1v) is 10.7. The van der Waals surface area contributed by atoms with Gasteiger partial charge in [0.05, 0.1) is 15.6 Å². The van der Waals surface area contributed by atoms with Crippen LogP contribution in [0.5, 0.6) is 5.75 Å². The molecule has 1 aliphatic heterocycles. The van der Waals surface area contributed by atoms with Crippen molar-refractivity contribution in [3.8, 4) is 5.75 Å². The number of carbonyl (C=O) groups excluding carboxylic acids is 1. The molecule has 1 aromatic heterocycles. The van der Waals surface area contributed by atoms with Gasteiger partial charge in [0, 0.05) is 20.5 Å². The molecule has 3 rings (SSSR count). The van der Waals surface area contributed by atoms with Gasteiger partial charge in [-0.15, -0.1) is 0 Å². The van der Waals surface area contributed by atoms with Gasteiger partial charge in [0.2, 0.25) is 0 Å². The van der Waals surface area contributed by atoms with Gasteiger partial charge in [0.15, 0.2) is 4.32 Å². The molecule has 1 saturated heterocycles. The molecule has 0 unspecified atom stereocenters. The molecular weight excluding hydrogens is 582 g/mol. The Morgan fingerprint density at radius 2 is 1.84 bits per heavy atom. The second kappa shape index (κ2) is 7.57. The minimum atomic E-state index is -0.117. The third kappa shape index (κ3) is 3.62. The number of nitrogens with zero attached hydrogens (tertiary/aromatic N) is 2. The van der Waals surface area contributed by atoms with E-state index in [0.29, 0.717) is 9.23 Å². The maximum atomic E-state index is 13.0. The summed E-state index contributed by atoms with van der Waals surface area (Å²) in [5, 5.41) is 1.56. The van der Waals surface area contributed by atoms with E-state index in [9.17, 15) is 4.79 Å². The Balaban J connectivity index is 2.05. The summed E-state index contributed by atoms with van der Waals surface area (Å²) in [7, 11) is 1.64. The fourth-order valence-electron chi connectivity index (χ4n) is 2.65. The number of hydrogen-bond acceptors (Lipinski definition) is 4. The monoisotopic (exact) mass is 596 g/mol. The van der Waals surface area contributed by atoms with Gasteiger partial charge in [-0.25, -0.2) is 0 Å². The van der Waals surface area contributed by atoms with Gasteiger partial charge in [-0.3, -0.25) is 9.47 Å². The normalized spacial score (nSPS) is 16.2. The van der Waals surface area contributed by atoms with Crippen molar-refractivity contribution < 1.29 is 9.53 Å². The minimum Gasteiger partial charge on any atom is -0.495 e. The van der Waals surface area contributed by atoms with Gasteiger partial charge in [-0.05, 0) is 102 Å². The predicted octanol–water partition coefficient (Wildman–Crippen LogP) is 4.86. The molecule has 0 radical (unpaired) electrons. The van der Waals surface area contributed by atoms with Crippen molar-refractivity contribution in [1.82, 2.24) is 4.68 Å². The number of rotatable bonds is 3. The standard InChI is InChI=1S/C17H14I2N2O2S2/c1-9-4-5-10(2)20(9)21-16(22)14(25-17(21)24)7-11-6-12(18)8-13(19)15(11)23-3/h4-8H,1-3H3/b14-7+. The summed E-state index contributed by atoms with van der Waals surface area (Å²) in [5.74, 6) is 0.646. The van der Waals surface area contributed by atoms with Crippen LogP contribution in [-0.2, 0) is 4.79 Å². The van der Waals surface area contributed by atoms with Crippen LogP contribution in [0.2, 0.25) is 0 Å². The third-order valence-electron chi connectivity index (χ3n) is 3.74. The molecule has 0 atom stereocenters. The van der Waals surface area contributed by atoms with E-state index in [2.05, 4.69) is 45.2 Å². The van der Waals surface area contributed by atoms with Crippen LogP contribution in [0.3, 0.4) is 0 Å². The van der Waals surface area contributed by atoms with Crippen LogP contribution in [0, 0.1) is 21.0 Å². The molecule has 0 N–H and O–H groups in total. The molecule has 0 aliphatic carbocycles. The summed E-state index contributed by atoms with van der Waals surface area (Å²) in [6.07, 6.45) is 1.86. The third-order valence-corrected chi connectivity index (χ3v) is 6.44. The SMILES string of the molecule is COc1c(I)cc(I)cc1/C=C1/SC(=S)N(n2c(C)ccc2C)C1=O. The van der Waals surface area contributed by atoms with Crippen molar-refractivity contribution in [3.63, 3.8) is 0 Å². The number of thioether (sulfide) groups is 1. The summed E-state index contributed by atoms with van der Waals surface area (Å²) < 4.78 is 9.98. The maximum absolute atomic E-state index is 13.0. The zero-order valence-electron chi connectivity index (χ0n) is 13.7. The minimum absolute atomic E-state index is 0.117. The van der Waals surface area contributed by atoms with Crippen LogP contribution < -0.4 is 9.75 Å². The van der Waals surface area contributed by atoms with E-state index in [4.69, 9.17) is 17.0 Å². The number of benzene rings is 1. The molecule has 1 aliphatic rings. The number of hydrogen-bond donors (Lipinski definition) is 0. The predicted molar refractivity (Wildman–Crippen MR) is 124 cm³/mol. The number of thiocarbonyl (C=S) groups is 1. The van der Waals surface area contributed by atoms with Gasteiger partial charge >= 0.3 is 0 Å². The molecular formula is C17H14I2N2O2S2. The van der Waals surface area contributed by atoms with Crippen molar-refractivity contribution in [2.45, 2.75) is 13.8 Å². The number of methoxy groups -OCH3 is 1. The van der Waals surface area contributed by atoms with Crippen LogP contribution in [0.25, 0.3) is 6.08 Å². The van der Waals surface area contributed by atoms with Gasteiger partial charge in [-0.1, -0.05) is 11.8 Å². The number of halogens is 2. The molecule has 1 fully saturated rings. The molecule has 0 saturated carbocycles. The number of amides is 1. The van der Waals surface area contributed by atoms with E-state index in [1.54, 1.807) is 12.1 Å². The summed E-state index contributed by atoms with van der Waals surface area (Å²) in [6.45, 7) is 3.92. The van der Waals surface area contributed by atoms with Gasteiger partial charge in [0.1, 0.15) is 5.75 Å². The summed E-state index contributed by atoms with van der Waals surface area (Å²) in [5.41, 5.74) is 2.81. The number of carbonyl (C=O) groups is 1. The van der Waals surface area contributed by atoms with Crippen molar-refractivity contribution >= 4 is 85.5 Å². The molecule has 1 aromatic carbocycles. The second-order valence-corrected chi connectivity index (χ2v) is 9.52. The van der Waals surface area contributed by atoms with E-state index >= 15 is 0 Å². The Morgan fingerprint density at radius 1 is 1.20 bits per heavy atom. The summed E-state index contributed by atoms with van der Waals surface area (Å²) >= 11 is 11.3. The largest absolute Gasteiger partial charge is 0.495 e. The topological polar surface area (TPSA) is 34.5 Å². The number of aryl methyl sites for hydroxylation is 2. The molecule has 2 aromatic rings. The first kappa shape index (κ1) is 19.2. The average molecular weight is 596 g/mol. The zero-order chi connectivity index (χ0) is 18.3. The molecule has 8 heteroatoms. The lowest BCUT2D eigenvalue weighted by Gasteiger charge is -2.20. The summed E-state index contributed by atoms with van der Waals surface area (Å²) in [6, 6.07) is 7.99. The number of ether oxygens (including phenoxy) is 1. The van der Waals surface area contributed by atoms with Crippen molar-refractivity contribution in [1.29, 1.82) is 0 Å². The lowest BCUT2D eigenvalue weighted by Crippen LogP contribution is -2.39. The van der Waals surface area contributed by atoms with Crippen LogP contribution in [0.1, 0.15) is 17.0 Å². The van der Waals surface area contributed by atoms with Gasteiger partial charge < -0.3 is 4.74 Å². The van der Waals surface area contributed by atoms with E-state index in [1.165, 1.54) is 11.8 Å². The molecule has 0 bridgehead atoms. The molecule has 4 nitrogen and oxygen atoms in total. The molecule has 1 amide bonds. The Kier molecular flexibility index (Phi) is 5.81. The van der Waals surface area contributed by atoms with Crippen molar-refractivity contribution in [2.24, 2.45) is 0 Å². The molecule has 130 valence electrons. The Morgan fingerprint density at radius 3 is 2.44 bits per heavy atom. The van der Waals surface area contributed by atoms with E-state index < -0.39 is 0 Å². The highest BCUT2D eigenvalue weighted by Gasteiger charge is 2.35. The van der Waals surface area contributed by atoms with Crippen molar-refractivity contribution in [2.75, 3.05) is 12.1 Å². The highest BCUT2D eigenvalue weighted by molar-refractivity contribution is 14.1. The fraction of sp³-hybridized carbons (Fsp3) is 0.176. The second-order valence-electron chi connectivity index (χ2n) is 5.43. The quantitative estimate of drug-likeness (QED) is 0.288. The average Bonchev–Trinajstić information content (AvgIpc) is 2.99. The van der Waals surface area contributed by atoms with E-state index in [-0.39, 0.29) is 5.91 Å². The zero-order valence-corrected chi connectivity index (χ0v) is 19.6. The lowest BCUT2D eigenvalue weighted by molar-refractivity contribution is -0.114. The van der Waals surface area contributed by atoms with Crippen LogP contribution >= 0.6 is 69.2 Å². The van der Waals surface area contributed by atoms with E-state index in [1.807, 2.05) is 48.9 Å². The molecule has 0 spiro atoms. The first-order valence-electron chi connectivity index (χ1n) is 7.29. The maximum Gasteiger partial charge on any atom is 0.285 e. The smallest absolute Gasteiger partial charge is 0.285 e.